The van der Waals surface area contributed by atoms with E-state index in [0.29, 0.717) is 22.7 Å². The van der Waals surface area contributed by atoms with Gasteiger partial charge < -0.3 is 4.74 Å². The monoisotopic (exact) mass is 721 g/mol. The summed E-state index contributed by atoms with van der Waals surface area (Å²) in [6.07, 6.45) is 5.49. The summed E-state index contributed by atoms with van der Waals surface area (Å²) in [6, 6.07) is 38.7. The van der Waals surface area contributed by atoms with Crippen molar-refractivity contribution in [2.24, 2.45) is 0 Å². The first-order valence-electron chi connectivity index (χ1n) is 21.1. The second-order valence-corrected chi connectivity index (χ2v) is 16.0. The van der Waals surface area contributed by atoms with E-state index in [-0.39, 0.29) is 40.6 Å². The van der Waals surface area contributed by atoms with Crippen molar-refractivity contribution in [2.75, 3.05) is 0 Å². The normalized spacial score (nSPS) is 13.5. The van der Waals surface area contributed by atoms with Gasteiger partial charge in [-0.15, -0.1) is 0 Å². The van der Waals surface area contributed by atoms with Crippen molar-refractivity contribution < 1.29 is 16.2 Å². The average Bonchev–Trinajstić information content (AvgIpc) is 3.78. The Hall–Kier alpha value is -6.46. The molecule has 55 heavy (non-hydrogen) atoms. The van der Waals surface area contributed by atoms with E-state index in [1.807, 2.05) is 88.1 Å². The van der Waals surface area contributed by atoms with Gasteiger partial charge in [-0.05, 0) is 81.6 Å². The standard InChI is InChI=1S/C50H44N4O/c1-49(2,3)35-28-29-51-47(30-35)54-43-23-11-10-20-40(43)41-27-26-38(32-46(41)54)55-37-19-14-18-36(31-37)52-33-53(45-25-13-12-24-44(45)52)48-39(34-16-8-7-9-17-34)21-15-22-42(48)50(4,5)6/h7-32H,1-6H3/i7D,8D,9D,16D,17D. The van der Waals surface area contributed by atoms with Gasteiger partial charge in [0.1, 0.15) is 17.3 Å². The number of fused-ring (bicyclic) bond motifs is 4. The molecule has 6 aromatic carbocycles. The first-order chi connectivity index (χ1) is 28.6. The van der Waals surface area contributed by atoms with Gasteiger partial charge in [0.2, 0.25) is 0 Å². The van der Waals surface area contributed by atoms with Crippen LogP contribution in [0.25, 0.3) is 61.2 Å². The minimum Gasteiger partial charge on any atom is -0.458 e. The predicted molar refractivity (Wildman–Crippen MR) is 225 cm³/mol. The fraction of sp³-hybridized carbons (Fsp3) is 0.160. The van der Waals surface area contributed by atoms with E-state index < -0.39 is 6.04 Å². The second kappa shape index (κ2) is 13.1. The number of hydrogen-bond acceptors (Lipinski definition) is 2. The van der Waals surface area contributed by atoms with Crippen molar-refractivity contribution in [2.45, 2.75) is 52.4 Å². The van der Waals surface area contributed by atoms with Gasteiger partial charge in [0.15, 0.2) is 0 Å². The number of rotatable bonds is 6. The van der Waals surface area contributed by atoms with Crippen LogP contribution in [0.15, 0.2) is 158 Å². The lowest BCUT2D eigenvalue weighted by molar-refractivity contribution is -0.572. The number of ether oxygens (including phenoxy) is 1. The molecule has 0 bridgehead atoms. The van der Waals surface area contributed by atoms with Crippen molar-refractivity contribution in [1.82, 2.24) is 14.1 Å². The zero-order valence-electron chi connectivity index (χ0n) is 36.8. The Kier molecular flexibility index (Phi) is 6.92. The van der Waals surface area contributed by atoms with Gasteiger partial charge in [0, 0.05) is 23.0 Å². The molecule has 270 valence electrons. The van der Waals surface area contributed by atoms with Crippen LogP contribution in [0.3, 0.4) is 0 Å². The third-order valence-electron chi connectivity index (χ3n) is 10.2. The SMILES string of the molecule is [2H]c1c([2H])c([2H])c(-c2cccc(C(C)(C)C)c2-[n+]2[c-]n(-c3cccc(Oc4ccc5c6ccccc6n(-c6cc(C(C)(C)C)ccn6)c5c4)c3)c3ccccc32)c([2H])c1[2H]. The molecule has 0 saturated heterocycles. The number of pyridine rings is 1. The summed E-state index contributed by atoms with van der Waals surface area (Å²) in [5, 5.41) is 2.24. The largest absolute Gasteiger partial charge is 0.458 e. The summed E-state index contributed by atoms with van der Waals surface area (Å²) in [7, 11) is 0. The summed E-state index contributed by atoms with van der Waals surface area (Å²) in [6.45, 7) is 12.9. The summed E-state index contributed by atoms with van der Waals surface area (Å²) in [4.78, 5) is 4.84. The summed E-state index contributed by atoms with van der Waals surface area (Å²) in [5.74, 6) is 2.16. The molecule has 9 aromatic rings. The van der Waals surface area contributed by atoms with Crippen LogP contribution in [0.5, 0.6) is 11.5 Å². The molecule has 0 saturated carbocycles. The van der Waals surface area contributed by atoms with E-state index in [9.17, 15) is 0 Å². The van der Waals surface area contributed by atoms with E-state index in [2.05, 4.69) is 101 Å². The fourth-order valence-corrected chi connectivity index (χ4v) is 7.48. The van der Waals surface area contributed by atoms with Crippen molar-refractivity contribution in [1.29, 1.82) is 0 Å². The Bertz CT molecular complexity index is 3140. The van der Waals surface area contributed by atoms with Crippen LogP contribution in [-0.2, 0) is 10.8 Å². The molecule has 0 N–H and O–H groups in total. The molecule has 9 rings (SSSR count). The lowest BCUT2D eigenvalue weighted by Crippen LogP contribution is -2.34. The number of benzene rings is 6. The number of imidazole rings is 1. The zero-order valence-corrected chi connectivity index (χ0v) is 31.8. The molecule has 0 radical (unpaired) electrons. The summed E-state index contributed by atoms with van der Waals surface area (Å²) >= 11 is 0. The second-order valence-electron chi connectivity index (χ2n) is 16.0. The van der Waals surface area contributed by atoms with Crippen molar-refractivity contribution in [3.63, 3.8) is 0 Å². The molecule has 0 aliphatic heterocycles. The Morgan fingerprint density at radius 1 is 0.655 bits per heavy atom. The Labute approximate surface area is 329 Å². The highest BCUT2D eigenvalue weighted by atomic mass is 16.5. The van der Waals surface area contributed by atoms with E-state index in [0.717, 1.165) is 49.9 Å². The van der Waals surface area contributed by atoms with E-state index in [1.54, 1.807) is 0 Å². The molecule has 5 heteroatoms. The molecule has 3 aromatic heterocycles. The Balaban J connectivity index is 1.17. The smallest absolute Gasteiger partial charge is 0.269 e. The highest BCUT2D eigenvalue weighted by Crippen LogP contribution is 2.37. The molecule has 0 spiro atoms. The zero-order chi connectivity index (χ0) is 42.2. The van der Waals surface area contributed by atoms with Gasteiger partial charge in [0.25, 0.3) is 6.33 Å². The maximum absolute atomic E-state index is 8.92. The third-order valence-corrected chi connectivity index (χ3v) is 10.2. The molecule has 5 nitrogen and oxygen atoms in total. The third kappa shape index (κ3) is 6.16. The molecule has 0 aliphatic carbocycles. The topological polar surface area (TPSA) is 35.9 Å². The minimum absolute atomic E-state index is 0.0416. The molecular formula is C50H44N4O. The van der Waals surface area contributed by atoms with Crippen LogP contribution < -0.4 is 9.30 Å². The maximum atomic E-state index is 8.92. The summed E-state index contributed by atoms with van der Waals surface area (Å²) in [5.41, 5.74) is 7.62. The minimum atomic E-state index is -0.426. The van der Waals surface area contributed by atoms with E-state index in [1.165, 1.54) is 5.56 Å². The number of aromatic nitrogens is 4. The Morgan fingerprint density at radius 3 is 2.18 bits per heavy atom. The van der Waals surface area contributed by atoms with Gasteiger partial charge in [-0.2, -0.15) is 0 Å². The van der Waals surface area contributed by atoms with Crippen LogP contribution in [0.2, 0.25) is 0 Å². The van der Waals surface area contributed by atoms with Gasteiger partial charge in [0.05, 0.1) is 40.3 Å². The van der Waals surface area contributed by atoms with E-state index >= 15 is 0 Å². The van der Waals surface area contributed by atoms with E-state index in [4.69, 9.17) is 16.6 Å². The lowest BCUT2D eigenvalue weighted by Gasteiger charge is -2.26. The molecule has 0 unspecified atom stereocenters. The quantitative estimate of drug-likeness (QED) is 0.127. The first kappa shape index (κ1) is 29.0. The summed E-state index contributed by atoms with van der Waals surface area (Å²) < 4.78 is 55.9. The van der Waals surface area contributed by atoms with Gasteiger partial charge >= 0.3 is 0 Å². The van der Waals surface area contributed by atoms with Gasteiger partial charge in [-0.3, -0.25) is 13.7 Å². The van der Waals surface area contributed by atoms with Crippen LogP contribution in [0.1, 0.15) is 59.5 Å². The van der Waals surface area contributed by atoms with Crippen LogP contribution >= 0.6 is 0 Å². The highest BCUT2D eigenvalue weighted by molar-refractivity contribution is 6.09. The van der Waals surface area contributed by atoms with Gasteiger partial charge in [-0.1, -0.05) is 138 Å². The average molecular weight is 722 g/mol. The van der Waals surface area contributed by atoms with Crippen molar-refractivity contribution in [3.05, 3.63) is 175 Å². The Morgan fingerprint density at radius 2 is 1.38 bits per heavy atom. The molecule has 3 heterocycles. The molecule has 0 fully saturated rings. The number of nitrogens with zero attached hydrogens (tertiary/aromatic N) is 4. The fourth-order valence-electron chi connectivity index (χ4n) is 7.48. The van der Waals surface area contributed by atoms with Gasteiger partial charge in [-0.25, -0.2) is 4.98 Å². The molecule has 0 amide bonds. The number of hydrogen-bond donors (Lipinski definition) is 0. The predicted octanol–water partition coefficient (Wildman–Crippen LogP) is 12.3. The first-order valence-corrected chi connectivity index (χ1v) is 18.6. The van der Waals surface area contributed by atoms with Crippen molar-refractivity contribution in [3.8, 4) is 39.8 Å². The van der Waals surface area contributed by atoms with Crippen LogP contribution in [0, 0.1) is 6.33 Å². The molecule has 0 aliphatic rings. The highest BCUT2D eigenvalue weighted by Gasteiger charge is 2.25. The van der Waals surface area contributed by atoms with Crippen LogP contribution in [-0.4, -0.2) is 14.1 Å². The van der Waals surface area contributed by atoms with Crippen molar-refractivity contribution >= 4 is 32.8 Å². The maximum Gasteiger partial charge on any atom is 0.269 e. The number of para-hydroxylation sites is 4. The molecular weight excluding hydrogens is 673 g/mol. The van der Waals surface area contributed by atoms with Crippen LogP contribution in [0.4, 0.5) is 0 Å². The molecule has 0 atom stereocenters. The lowest BCUT2D eigenvalue weighted by atomic mass is 9.83.